The summed E-state index contributed by atoms with van der Waals surface area (Å²) in [7, 11) is 0. The second-order valence-corrected chi connectivity index (χ2v) is 8.17. The van der Waals surface area contributed by atoms with Crippen LogP contribution in [0.25, 0.3) is 0 Å². The maximum atomic E-state index is 12.7. The summed E-state index contributed by atoms with van der Waals surface area (Å²) in [5.74, 6) is -0.637. The zero-order valence-electron chi connectivity index (χ0n) is 16.4. The second kappa shape index (κ2) is 11.2. The first kappa shape index (κ1) is 23.3. The third-order valence-corrected chi connectivity index (χ3v) is 4.47. The standard InChI is InChI=1S/C18H31N3O5S/c1-10(2)7-13(21-18(25)26-9-11(3)4)16(23)20-14(17(24)27)8-12-5-6-19-15(12)22/h10-14H,5-9H2,1-4H3,(H,19,22)(H,20,23)(H,21,25)(H,24,27)/t12-,13-,14-/m0/s1. The molecule has 3 N–H and O–H groups in total. The molecule has 1 heterocycles. The highest BCUT2D eigenvalue weighted by Gasteiger charge is 2.32. The van der Waals surface area contributed by atoms with Gasteiger partial charge >= 0.3 is 6.09 Å². The Morgan fingerprint density at radius 2 is 1.81 bits per heavy atom. The van der Waals surface area contributed by atoms with E-state index < -0.39 is 29.2 Å². The number of carbonyl (C=O) groups excluding carboxylic acids is 4. The van der Waals surface area contributed by atoms with Crippen molar-refractivity contribution in [3.63, 3.8) is 0 Å². The van der Waals surface area contributed by atoms with Gasteiger partial charge in [0.25, 0.3) is 0 Å². The third-order valence-electron chi connectivity index (χ3n) is 4.16. The Labute approximate surface area is 166 Å². The van der Waals surface area contributed by atoms with E-state index in [-0.39, 0.29) is 36.7 Å². The predicted molar refractivity (Wildman–Crippen MR) is 104 cm³/mol. The van der Waals surface area contributed by atoms with E-state index in [4.69, 9.17) is 4.74 Å². The normalized spacial score (nSPS) is 18.8. The summed E-state index contributed by atoms with van der Waals surface area (Å²) in [5, 5.41) is 7.37. The van der Waals surface area contributed by atoms with Gasteiger partial charge in [0, 0.05) is 12.5 Å². The van der Waals surface area contributed by atoms with Crippen molar-refractivity contribution in [2.75, 3.05) is 13.2 Å². The van der Waals surface area contributed by atoms with Gasteiger partial charge in [-0.2, -0.15) is 0 Å². The van der Waals surface area contributed by atoms with Gasteiger partial charge in [-0.1, -0.05) is 27.7 Å². The van der Waals surface area contributed by atoms with Gasteiger partial charge in [0.2, 0.25) is 16.9 Å². The number of alkyl carbamates (subject to hydrolysis) is 1. The molecule has 0 aromatic heterocycles. The van der Waals surface area contributed by atoms with Gasteiger partial charge in [0.05, 0.1) is 12.6 Å². The summed E-state index contributed by atoms with van der Waals surface area (Å²) < 4.78 is 5.07. The molecule has 1 rings (SSSR count). The van der Waals surface area contributed by atoms with E-state index in [1.165, 1.54) is 0 Å². The molecule has 154 valence electrons. The summed E-state index contributed by atoms with van der Waals surface area (Å²) in [4.78, 5) is 48.2. The van der Waals surface area contributed by atoms with Crippen molar-refractivity contribution in [1.82, 2.24) is 16.0 Å². The van der Waals surface area contributed by atoms with Gasteiger partial charge in [-0.3, -0.25) is 14.4 Å². The molecule has 0 aromatic rings. The summed E-state index contributed by atoms with van der Waals surface area (Å²) in [6, 6.07) is -1.73. The summed E-state index contributed by atoms with van der Waals surface area (Å²) in [5.41, 5.74) is 0. The van der Waals surface area contributed by atoms with E-state index in [0.717, 1.165) is 0 Å². The van der Waals surface area contributed by atoms with E-state index in [9.17, 15) is 19.2 Å². The van der Waals surface area contributed by atoms with Gasteiger partial charge in [-0.05, 0) is 31.1 Å². The molecule has 0 unspecified atom stereocenters. The predicted octanol–water partition coefficient (Wildman–Crippen LogP) is 1.25. The number of rotatable bonds is 10. The van der Waals surface area contributed by atoms with Crippen molar-refractivity contribution >= 4 is 35.7 Å². The largest absolute Gasteiger partial charge is 0.449 e. The third kappa shape index (κ3) is 8.64. The van der Waals surface area contributed by atoms with Crippen LogP contribution >= 0.6 is 12.6 Å². The van der Waals surface area contributed by atoms with Crippen LogP contribution in [0, 0.1) is 17.8 Å². The van der Waals surface area contributed by atoms with Gasteiger partial charge in [-0.15, -0.1) is 12.6 Å². The van der Waals surface area contributed by atoms with Crippen LogP contribution in [0.3, 0.4) is 0 Å². The van der Waals surface area contributed by atoms with Crippen molar-refractivity contribution in [2.24, 2.45) is 17.8 Å². The molecule has 1 aliphatic heterocycles. The second-order valence-electron chi connectivity index (χ2n) is 7.73. The average molecular weight is 402 g/mol. The molecule has 1 fully saturated rings. The van der Waals surface area contributed by atoms with Crippen molar-refractivity contribution in [3.05, 3.63) is 0 Å². The lowest BCUT2D eigenvalue weighted by atomic mass is 9.98. The molecule has 1 saturated heterocycles. The highest BCUT2D eigenvalue weighted by molar-refractivity contribution is 7.96. The SMILES string of the molecule is CC(C)COC(=O)N[C@@H](CC(C)C)C(=O)N[C@@H](C[C@@H]1CCNC1=O)C(=O)S. The zero-order chi connectivity index (χ0) is 20.6. The van der Waals surface area contributed by atoms with Crippen molar-refractivity contribution in [1.29, 1.82) is 0 Å². The minimum atomic E-state index is -0.891. The lowest BCUT2D eigenvalue weighted by molar-refractivity contribution is -0.128. The summed E-state index contributed by atoms with van der Waals surface area (Å²) >= 11 is 3.84. The molecule has 3 atom stereocenters. The number of amides is 3. The molecule has 27 heavy (non-hydrogen) atoms. The summed E-state index contributed by atoms with van der Waals surface area (Å²) in [6.45, 7) is 8.47. The minimum absolute atomic E-state index is 0.127. The molecule has 3 amide bonds. The van der Waals surface area contributed by atoms with Gasteiger partial charge in [-0.25, -0.2) is 4.79 Å². The lowest BCUT2D eigenvalue weighted by Crippen LogP contribution is -2.52. The van der Waals surface area contributed by atoms with Gasteiger partial charge < -0.3 is 20.7 Å². The van der Waals surface area contributed by atoms with E-state index in [0.29, 0.717) is 19.4 Å². The van der Waals surface area contributed by atoms with E-state index in [2.05, 4.69) is 28.6 Å². The molecule has 9 heteroatoms. The highest BCUT2D eigenvalue weighted by atomic mass is 32.1. The molecule has 8 nitrogen and oxygen atoms in total. The zero-order valence-corrected chi connectivity index (χ0v) is 17.3. The number of carbonyl (C=O) groups is 4. The number of hydrogen-bond donors (Lipinski definition) is 4. The van der Waals surface area contributed by atoms with Crippen LogP contribution in [-0.4, -0.2) is 48.3 Å². The van der Waals surface area contributed by atoms with Crippen molar-refractivity contribution < 1.29 is 23.9 Å². The van der Waals surface area contributed by atoms with Crippen molar-refractivity contribution in [3.8, 4) is 0 Å². The molecule has 0 radical (unpaired) electrons. The first-order valence-corrected chi connectivity index (χ1v) is 9.79. The summed E-state index contributed by atoms with van der Waals surface area (Å²) in [6.07, 6.45) is 0.515. The van der Waals surface area contributed by atoms with Crippen LogP contribution in [0.2, 0.25) is 0 Å². The van der Waals surface area contributed by atoms with Gasteiger partial charge in [0.1, 0.15) is 6.04 Å². The Kier molecular flexibility index (Phi) is 9.62. The molecule has 0 aromatic carbocycles. The molecule has 0 spiro atoms. The quantitative estimate of drug-likeness (QED) is 0.412. The van der Waals surface area contributed by atoms with E-state index >= 15 is 0 Å². The fraction of sp³-hybridized carbons (Fsp3) is 0.778. The topological polar surface area (TPSA) is 114 Å². The fourth-order valence-electron chi connectivity index (χ4n) is 2.78. The van der Waals surface area contributed by atoms with Crippen LogP contribution in [0.1, 0.15) is 47.0 Å². The maximum absolute atomic E-state index is 12.7. The first-order chi connectivity index (χ1) is 12.6. The molecule has 0 aliphatic carbocycles. The monoisotopic (exact) mass is 401 g/mol. The average Bonchev–Trinajstić information content (AvgIpc) is 2.96. The number of thiol groups is 1. The van der Waals surface area contributed by atoms with Crippen molar-refractivity contribution in [2.45, 2.75) is 59.0 Å². The molecule has 0 saturated carbocycles. The van der Waals surface area contributed by atoms with E-state index in [1.807, 2.05) is 27.7 Å². The smallest absolute Gasteiger partial charge is 0.407 e. The number of hydrogen-bond acceptors (Lipinski definition) is 5. The minimum Gasteiger partial charge on any atom is -0.449 e. The molecular weight excluding hydrogens is 370 g/mol. The Morgan fingerprint density at radius 3 is 2.30 bits per heavy atom. The van der Waals surface area contributed by atoms with Gasteiger partial charge in [0.15, 0.2) is 0 Å². The van der Waals surface area contributed by atoms with Crippen LogP contribution < -0.4 is 16.0 Å². The molecule has 0 bridgehead atoms. The van der Waals surface area contributed by atoms with E-state index in [1.54, 1.807) is 0 Å². The van der Waals surface area contributed by atoms with Crippen LogP contribution in [0.5, 0.6) is 0 Å². The Bertz CT molecular complexity index is 553. The Balaban J connectivity index is 2.72. The molecular formula is C18H31N3O5S. The fourth-order valence-corrected chi connectivity index (χ4v) is 2.95. The first-order valence-electron chi connectivity index (χ1n) is 9.34. The van der Waals surface area contributed by atoms with Crippen LogP contribution in [0.4, 0.5) is 4.79 Å². The number of nitrogens with one attached hydrogen (secondary N) is 3. The lowest BCUT2D eigenvalue weighted by Gasteiger charge is -2.24. The maximum Gasteiger partial charge on any atom is 0.407 e. The number of ether oxygens (including phenoxy) is 1. The van der Waals surface area contributed by atoms with Crippen LogP contribution in [0.15, 0.2) is 0 Å². The molecule has 1 aliphatic rings. The Morgan fingerprint density at radius 1 is 1.15 bits per heavy atom. The van der Waals surface area contributed by atoms with Crippen LogP contribution in [-0.2, 0) is 19.1 Å². The Hall–Kier alpha value is -1.77. The highest BCUT2D eigenvalue weighted by Crippen LogP contribution is 2.17.